The van der Waals surface area contributed by atoms with Crippen LogP contribution in [-0.4, -0.2) is 37.0 Å². The van der Waals surface area contributed by atoms with E-state index in [2.05, 4.69) is 16.7 Å². The summed E-state index contributed by atoms with van der Waals surface area (Å²) in [5, 5.41) is 0. The van der Waals surface area contributed by atoms with Crippen molar-refractivity contribution in [3.8, 4) is 0 Å². The van der Waals surface area contributed by atoms with Gasteiger partial charge >= 0.3 is 11.9 Å². The Bertz CT molecular complexity index is 331. The highest BCUT2D eigenvalue weighted by atomic mass is 17.2. The van der Waals surface area contributed by atoms with Crippen LogP contribution in [0.1, 0.15) is 90.9 Å². The molecule has 142 valence electrons. The average molecular weight is 344 g/mol. The number of hydrogen-bond acceptors (Lipinski definition) is 5. The van der Waals surface area contributed by atoms with Crippen LogP contribution >= 0.6 is 0 Å². The molecule has 0 aromatic rings. The molecule has 0 radical (unpaired) electrons. The normalized spacial score (nSPS) is 12.2. The van der Waals surface area contributed by atoms with Gasteiger partial charge < -0.3 is 0 Å². The van der Waals surface area contributed by atoms with Crippen LogP contribution in [-0.2, 0) is 19.4 Å². The zero-order valence-corrected chi connectivity index (χ0v) is 16.1. The summed E-state index contributed by atoms with van der Waals surface area (Å²) in [6.45, 7) is 3.93. The van der Waals surface area contributed by atoms with Crippen molar-refractivity contribution in [3.05, 3.63) is 0 Å². The van der Waals surface area contributed by atoms with E-state index in [0.29, 0.717) is 6.42 Å². The molecule has 5 nitrogen and oxygen atoms in total. The fourth-order valence-corrected chi connectivity index (χ4v) is 2.34. The Morgan fingerprint density at radius 1 is 0.792 bits per heavy atom. The largest absolute Gasteiger partial charge is 0.372 e. The Labute approximate surface area is 148 Å². The van der Waals surface area contributed by atoms with Crippen molar-refractivity contribution in [1.29, 1.82) is 0 Å². The van der Waals surface area contributed by atoms with E-state index < -0.39 is 18.0 Å². The zero-order valence-electron chi connectivity index (χ0n) is 16.1. The second-order valence-electron chi connectivity index (χ2n) is 6.78. The molecule has 0 aliphatic rings. The summed E-state index contributed by atoms with van der Waals surface area (Å²) in [6, 6.07) is -0.431. The van der Waals surface area contributed by atoms with Gasteiger partial charge in [0.15, 0.2) is 0 Å². The van der Waals surface area contributed by atoms with Crippen LogP contribution in [0.5, 0.6) is 0 Å². The van der Waals surface area contributed by atoms with Gasteiger partial charge in [0.1, 0.15) is 6.04 Å². The highest BCUT2D eigenvalue weighted by Gasteiger charge is 2.19. The van der Waals surface area contributed by atoms with Crippen LogP contribution < -0.4 is 0 Å². The first-order chi connectivity index (χ1) is 11.5. The maximum atomic E-state index is 11.5. The molecular weight excluding hydrogens is 306 g/mol. The molecular formula is C19H37NO4. The number of nitrogens with zero attached hydrogens (tertiary/aromatic N) is 1. The van der Waals surface area contributed by atoms with E-state index in [4.69, 9.17) is 0 Å². The topological polar surface area (TPSA) is 55.8 Å². The second kappa shape index (κ2) is 15.4. The van der Waals surface area contributed by atoms with E-state index in [0.717, 1.165) is 19.3 Å². The van der Waals surface area contributed by atoms with Crippen LogP contribution in [0, 0.1) is 0 Å². The fraction of sp³-hybridized carbons (Fsp3) is 0.895. The van der Waals surface area contributed by atoms with Gasteiger partial charge in [-0.15, -0.1) is 0 Å². The lowest BCUT2D eigenvalue weighted by Crippen LogP contribution is -2.34. The minimum atomic E-state index is -0.549. The smallest absolute Gasteiger partial charge is 0.297 e. The molecule has 0 N–H and O–H groups in total. The highest BCUT2D eigenvalue weighted by Crippen LogP contribution is 2.12. The molecule has 5 heteroatoms. The van der Waals surface area contributed by atoms with E-state index in [1.54, 1.807) is 25.9 Å². The van der Waals surface area contributed by atoms with Gasteiger partial charge in [-0.3, -0.25) is 4.90 Å². The summed E-state index contributed by atoms with van der Waals surface area (Å²) in [5.74, 6) is -1.02. The number of likely N-dealkylation sites (N-methyl/N-ethyl adjacent to an activating group) is 1. The average Bonchev–Trinajstić information content (AvgIpc) is 2.56. The van der Waals surface area contributed by atoms with E-state index in [9.17, 15) is 9.59 Å². The third kappa shape index (κ3) is 13.3. The van der Waals surface area contributed by atoms with Crippen LogP contribution in [0.3, 0.4) is 0 Å². The molecule has 0 heterocycles. The van der Waals surface area contributed by atoms with Crippen LogP contribution in [0.2, 0.25) is 0 Å². The summed E-state index contributed by atoms with van der Waals surface area (Å²) in [7, 11) is 3.53. The number of hydrogen-bond donors (Lipinski definition) is 0. The van der Waals surface area contributed by atoms with Crippen molar-refractivity contribution >= 4 is 11.9 Å². The van der Waals surface area contributed by atoms with Gasteiger partial charge in [-0.1, -0.05) is 71.1 Å². The molecule has 0 fully saturated rings. The van der Waals surface area contributed by atoms with Gasteiger partial charge in [0, 0.05) is 0 Å². The molecule has 0 saturated heterocycles. The van der Waals surface area contributed by atoms with Crippen LogP contribution in [0.4, 0.5) is 0 Å². The van der Waals surface area contributed by atoms with Gasteiger partial charge in [-0.2, -0.15) is 0 Å². The molecule has 0 aromatic heterocycles. The Hall–Kier alpha value is -1.10. The molecule has 0 amide bonds. The fourth-order valence-electron chi connectivity index (χ4n) is 2.34. The first-order valence-electron chi connectivity index (χ1n) is 9.56. The summed E-state index contributed by atoms with van der Waals surface area (Å²) < 4.78 is 0. The van der Waals surface area contributed by atoms with Gasteiger partial charge in [-0.25, -0.2) is 19.4 Å². The standard InChI is InChI=1S/C19H37NO4/c1-5-6-7-8-9-10-11-12-13-14-15-16-18(21)23-24-19(22)17(2)20(3)4/h17H,5-16H2,1-4H3. The van der Waals surface area contributed by atoms with Gasteiger partial charge in [0.25, 0.3) is 0 Å². The summed E-state index contributed by atoms with van der Waals surface area (Å²) >= 11 is 0. The molecule has 0 spiro atoms. The quantitative estimate of drug-likeness (QED) is 0.261. The Morgan fingerprint density at radius 3 is 1.71 bits per heavy atom. The minimum absolute atomic E-state index is 0.306. The third-order valence-electron chi connectivity index (χ3n) is 4.32. The van der Waals surface area contributed by atoms with Gasteiger partial charge in [0.05, 0.1) is 6.42 Å². The zero-order chi connectivity index (χ0) is 18.2. The lowest BCUT2D eigenvalue weighted by molar-refractivity contribution is -0.261. The highest BCUT2D eigenvalue weighted by molar-refractivity contribution is 5.76. The summed E-state index contributed by atoms with van der Waals surface area (Å²) in [6.07, 6.45) is 13.9. The molecule has 0 rings (SSSR count). The molecule has 0 aliphatic heterocycles. The number of carbonyl (C=O) groups excluding carboxylic acids is 2. The number of carbonyl (C=O) groups is 2. The molecule has 0 aliphatic carbocycles. The Balaban J connectivity index is 3.39. The predicted molar refractivity (Wildman–Crippen MR) is 96.4 cm³/mol. The van der Waals surface area contributed by atoms with Crippen molar-refractivity contribution in [2.45, 2.75) is 96.9 Å². The first kappa shape index (κ1) is 22.9. The molecule has 1 atom stereocenters. The third-order valence-corrected chi connectivity index (χ3v) is 4.32. The molecule has 0 bridgehead atoms. The molecule has 0 aromatic carbocycles. The van der Waals surface area contributed by atoms with Gasteiger partial charge in [-0.05, 0) is 27.4 Å². The maximum Gasteiger partial charge on any atom is 0.372 e. The monoisotopic (exact) mass is 343 g/mol. The van der Waals surface area contributed by atoms with Crippen molar-refractivity contribution < 1.29 is 19.4 Å². The van der Waals surface area contributed by atoms with E-state index in [1.165, 1.54) is 51.4 Å². The van der Waals surface area contributed by atoms with Crippen molar-refractivity contribution in [1.82, 2.24) is 4.90 Å². The van der Waals surface area contributed by atoms with E-state index >= 15 is 0 Å². The van der Waals surface area contributed by atoms with Crippen LogP contribution in [0.25, 0.3) is 0 Å². The SMILES string of the molecule is CCCCCCCCCCCCCC(=O)OOC(=O)C(C)N(C)C. The minimum Gasteiger partial charge on any atom is -0.297 e. The van der Waals surface area contributed by atoms with Crippen molar-refractivity contribution in [2.75, 3.05) is 14.1 Å². The number of unbranched alkanes of at least 4 members (excludes halogenated alkanes) is 10. The molecule has 24 heavy (non-hydrogen) atoms. The maximum absolute atomic E-state index is 11.5. The first-order valence-corrected chi connectivity index (χ1v) is 9.56. The summed E-state index contributed by atoms with van der Waals surface area (Å²) in [4.78, 5) is 33.8. The van der Waals surface area contributed by atoms with E-state index in [-0.39, 0.29) is 0 Å². The molecule has 1 unspecified atom stereocenters. The second-order valence-corrected chi connectivity index (χ2v) is 6.78. The Morgan fingerprint density at radius 2 is 1.25 bits per heavy atom. The molecule has 0 saturated carbocycles. The van der Waals surface area contributed by atoms with Crippen molar-refractivity contribution in [3.63, 3.8) is 0 Å². The van der Waals surface area contributed by atoms with Crippen LogP contribution in [0.15, 0.2) is 0 Å². The lowest BCUT2D eigenvalue weighted by Gasteiger charge is -2.16. The predicted octanol–water partition coefficient (Wildman–Crippen LogP) is 4.64. The lowest BCUT2D eigenvalue weighted by atomic mass is 10.1. The van der Waals surface area contributed by atoms with Crippen molar-refractivity contribution in [2.24, 2.45) is 0 Å². The Kier molecular flexibility index (Phi) is 14.7. The van der Waals surface area contributed by atoms with Gasteiger partial charge in [0.2, 0.25) is 0 Å². The number of rotatable bonds is 14. The van der Waals surface area contributed by atoms with E-state index in [1.807, 2.05) is 0 Å². The summed E-state index contributed by atoms with van der Waals surface area (Å²) in [5.41, 5.74) is 0.